The first-order chi connectivity index (χ1) is 14.2. The first-order valence-electron chi connectivity index (χ1n) is 8.53. The van der Waals surface area contributed by atoms with E-state index in [0.29, 0.717) is 16.5 Å². The topological polar surface area (TPSA) is 79.8 Å². The van der Waals surface area contributed by atoms with Crippen LogP contribution in [0, 0.1) is 0 Å². The number of methoxy groups -OCH3 is 1. The van der Waals surface area contributed by atoms with Crippen molar-refractivity contribution in [1.82, 2.24) is 5.32 Å². The summed E-state index contributed by atoms with van der Waals surface area (Å²) in [5, 5.41) is 4.33. The summed E-state index contributed by atoms with van der Waals surface area (Å²) in [6.45, 7) is 0. The number of nitrogens with zero attached hydrogens (tertiary/aromatic N) is 1. The molecule has 0 bridgehead atoms. The van der Waals surface area contributed by atoms with Gasteiger partial charge in [0.15, 0.2) is 5.17 Å². The number of hydrogen-bond donors (Lipinski definition) is 2. The van der Waals surface area contributed by atoms with Crippen molar-refractivity contribution >= 4 is 51.7 Å². The number of halogens is 4. The zero-order chi connectivity index (χ0) is 21.9. The van der Waals surface area contributed by atoms with Crippen LogP contribution in [0.1, 0.15) is 12.0 Å². The number of alkyl halides is 3. The lowest BCUT2D eigenvalue weighted by Crippen LogP contribution is -2.42. The number of aliphatic imine (C=N–C) groups is 1. The minimum atomic E-state index is -4.63. The maximum absolute atomic E-state index is 13.1. The summed E-state index contributed by atoms with van der Waals surface area (Å²) in [7, 11) is 1.44. The number of anilines is 1. The Morgan fingerprint density at radius 1 is 1.30 bits per heavy atom. The second-order valence-electron chi connectivity index (χ2n) is 6.12. The van der Waals surface area contributed by atoms with Gasteiger partial charge in [-0.1, -0.05) is 35.5 Å². The molecule has 0 saturated carbocycles. The van der Waals surface area contributed by atoms with Crippen molar-refractivity contribution in [3.8, 4) is 5.75 Å². The molecule has 158 valence electrons. The lowest BCUT2D eigenvalue weighted by Gasteiger charge is -2.23. The van der Waals surface area contributed by atoms with E-state index >= 15 is 0 Å². The van der Waals surface area contributed by atoms with Crippen LogP contribution in [0.2, 0.25) is 5.02 Å². The summed E-state index contributed by atoms with van der Waals surface area (Å²) < 4.78 is 44.6. The Balaban J connectivity index is 1.82. The van der Waals surface area contributed by atoms with E-state index in [2.05, 4.69) is 15.6 Å². The minimum absolute atomic E-state index is 0.107. The minimum Gasteiger partial charge on any atom is -0.494 e. The molecule has 2 amide bonds. The van der Waals surface area contributed by atoms with Gasteiger partial charge in [0.1, 0.15) is 16.7 Å². The highest BCUT2D eigenvalue weighted by atomic mass is 35.5. The van der Waals surface area contributed by atoms with Crippen LogP contribution in [-0.2, 0) is 15.8 Å². The number of hydrogen-bond acceptors (Lipinski definition) is 5. The van der Waals surface area contributed by atoms with E-state index in [1.54, 1.807) is 12.1 Å². The zero-order valence-corrected chi connectivity index (χ0v) is 17.0. The molecule has 2 aromatic carbocycles. The summed E-state index contributed by atoms with van der Waals surface area (Å²) in [4.78, 5) is 28.9. The van der Waals surface area contributed by atoms with E-state index in [4.69, 9.17) is 16.3 Å². The number of rotatable bonds is 4. The van der Waals surface area contributed by atoms with Crippen LogP contribution in [0.5, 0.6) is 5.75 Å². The van der Waals surface area contributed by atoms with Crippen LogP contribution < -0.4 is 15.4 Å². The molecule has 3 rings (SSSR count). The summed E-state index contributed by atoms with van der Waals surface area (Å²) in [6, 6.07) is 9.34. The Hall–Kier alpha value is -2.72. The number of carbonyl (C=O) groups is 2. The fraction of sp³-hybridized carbons (Fsp3) is 0.211. The van der Waals surface area contributed by atoms with Crippen molar-refractivity contribution in [1.29, 1.82) is 0 Å². The van der Waals surface area contributed by atoms with Gasteiger partial charge in [-0.05, 0) is 30.3 Å². The van der Waals surface area contributed by atoms with Crippen molar-refractivity contribution in [3.63, 3.8) is 0 Å². The predicted molar refractivity (Wildman–Crippen MR) is 109 cm³/mol. The summed E-state index contributed by atoms with van der Waals surface area (Å²) >= 11 is 6.89. The first kappa shape index (κ1) is 22.0. The van der Waals surface area contributed by atoms with Gasteiger partial charge in [-0.2, -0.15) is 13.2 Å². The van der Waals surface area contributed by atoms with E-state index in [1.165, 1.54) is 25.3 Å². The number of amides is 2. The van der Waals surface area contributed by atoms with Gasteiger partial charge in [0.2, 0.25) is 11.8 Å². The molecule has 0 spiro atoms. The molecule has 1 fully saturated rings. The molecule has 1 aliphatic heterocycles. The standard InChI is InChI=1S/C19H15ClF3N3O3S/c1-29-14-7-6-10(20)8-13(14)25-18-26-16(27)9-15(30-18)17(28)24-12-5-3-2-4-11(12)19(21,22)23/h2-8,15H,9H2,1H3,(H,24,28)(H,25,26,27). The number of carbonyl (C=O) groups excluding carboxylic acids is 2. The quantitative estimate of drug-likeness (QED) is 0.702. The molecule has 1 aliphatic rings. The van der Waals surface area contributed by atoms with E-state index < -0.39 is 28.8 Å². The average molecular weight is 458 g/mol. The Bertz CT molecular complexity index is 1010. The monoisotopic (exact) mass is 457 g/mol. The van der Waals surface area contributed by atoms with Crippen molar-refractivity contribution in [2.45, 2.75) is 17.8 Å². The summed E-state index contributed by atoms with van der Waals surface area (Å²) in [6.07, 6.45) is -4.84. The van der Waals surface area contributed by atoms with Crippen molar-refractivity contribution in [2.24, 2.45) is 4.99 Å². The molecule has 2 aromatic rings. The highest BCUT2D eigenvalue weighted by Gasteiger charge is 2.35. The zero-order valence-electron chi connectivity index (χ0n) is 15.4. The second kappa shape index (κ2) is 8.97. The van der Waals surface area contributed by atoms with Gasteiger partial charge < -0.3 is 15.4 Å². The Morgan fingerprint density at radius 3 is 2.73 bits per heavy atom. The summed E-state index contributed by atoms with van der Waals surface area (Å²) in [5.74, 6) is -0.831. The normalized spacial score (nSPS) is 18.1. The van der Waals surface area contributed by atoms with Crippen LogP contribution in [0.3, 0.4) is 0 Å². The second-order valence-corrected chi connectivity index (χ2v) is 7.75. The number of para-hydroxylation sites is 1. The highest BCUT2D eigenvalue weighted by Crippen LogP contribution is 2.36. The van der Waals surface area contributed by atoms with Crippen LogP contribution in [0.4, 0.5) is 24.5 Å². The molecule has 6 nitrogen and oxygen atoms in total. The lowest BCUT2D eigenvalue weighted by atomic mass is 10.1. The number of amidine groups is 1. The molecule has 11 heteroatoms. The molecule has 2 N–H and O–H groups in total. The molecule has 0 radical (unpaired) electrons. The first-order valence-corrected chi connectivity index (χ1v) is 9.79. The molecule has 1 atom stereocenters. The molecule has 1 saturated heterocycles. The van der Waals surface area contributed by atoms with E-state index in [9.17, 15) is 22.8 Å². The smallest absolute Gasteiger partial charge is 0.418 e. The van der Waals surface area contributed by atoms with Gasteiger partial charge in [0.05, 0.1) is 18.4 Å². The predicted octanol–water partition coefficient (Wildman–Crippen LogP) is 4.62. The molecule has 1 unspecified atom stereocenters. The molecular formula is C19H15ClF3N3O3S. The molecular weight excluding hydrogens is 443 g/mol. The van der Waals surface area contributed by atoms with Crippen molar-refractivity contribution < 1.29 is 27.5 Å². The van der Waals surface area contributed by atoms with Crippen LogP contribution in [-0.4, -0.2) is 29.3 Å². The Morgan fingerprint density at radius 2 is 2.03 bits per heavy atom. The van der Waals surface area contributed by atoms with Gasteiger partial charge in [0.25, 0.3) is 0 Å². The third-order valence-corrected chi connectivity index (χ3v) is 5.33. The van der Waals surface area contributed by atoms with Gasteiger partial charge >= 0.3 is 6.18 Å². The Labute approximate surface area is 178 Å². The number of ether oxygens (including phenoxy) is 1. The van der Waals surface area contributed by atoms with Gasteiger partial charge in [-0.25, -0.2) is 4.99 Å². The van der Waals surface area contributed by atoms with E-state index in [1.807, 2.05) is 0 Å². The fourth-order valence-corrected chi connectivity index (χ4v) is 3.82. The van der Waals surface area contributed by atoms with E-state index in [-0.39, 0.29) is 17.3 Å². The SMILES string of the molecule is COc1ccc(Cl)cc1N=C1NC(=O)CC(C(=O)Nc2ccccc2C(F)(F)F)S1. The highest BCUT2D eigenvalue weighted by molar-refractivity contribution is 8.15. The maximum atomic E-state index is 13.1. The molecule has 30 heavy (non-hydrogen) atoms. The fourth-order valence-electron chi connectivity index (χ4n) is 2.66. The third-order valence-electron chi connectivity index (χ3n) is 4.02. The van der Waals surface area contributed by atoms with Gasteiger partial charge in [-0.3, -0.25) is 9.59 Å². The van der Waals surface area contributed by atoms with Crippen molar-refractivity contribution in [3.05, 3.63) is 53.1 Å². The van der Waals surface area contributed by atoms with Crippen molar-refractivity contribution in [2.75, 3.05) is 12.4 Å². The maximum Gasteiger partial charge on any atom is 0.418 e. The molecule has 0 aromatic heterocycles. The van der Waals surface area contributed by atoms with E-state index in [0.717, 1.165) is 23.9 Å². The van der Waals surface area contributed by atoms with Crippen LogP contribution in [0.15, 0.2) is 47.5 Å². The van der Waals surface area contributed by atoms with Gasteiger partial charge in [0, 0.05) is 11.4 Å². The number of thioether (sulfide) groups is 1. The number of benzene rings is 2. The van der Waals surface area contributed by atoms with Crippen LogP contribution >= 0.6 is 23.4 Å². The number of nitrogens with one attached hydrogen (secondary N) is 2. The Kier molecular flexibility index (Phi) is 6.57. The average Bonchev–Trinajstić information content (AvgIpc) is 2.67. The summed E-state index contributed by atoms with van der Waals surface area (Å²) in [5.41, 5.74) is -1.02. The third kappa shape index (κ3) is 5.25. The lowest BCUT2D eigenvalue weighted by molar-refractivity contribution is -0.137. The molecule has 1 heterocycles. The van der Waals surface area contributed by atoms with Gasteiger partial charge in [-0.15, -0.1) is 0 Å². The molecule has 0 aliphatic carbocycles. The largest absolute Gasteiger partial charge is 0.494 e. The van der Waals surface area contributed by atoms with Crippen LogP contribution in [0.25, 0.3) is 0 Å².